The van der Waals surface area contributed by atoms with Gasteiger partial charge in [-0.3, -0.25) is 4.79 Å². The van der Waals surface area contributed by atoms with Gasteiger partial charge in [0.15, 0.2) is 0 Å². The van der Waals surface area contributed by atoms with Crippen LogP contribution in [0.25, 0.3) is 11.4 Å². The van der Waals surface area contributed by atoms with Crippen LogP contribution in [0.15, 0.2) is 27.6 Å². The number of aryl methyl sites for hydroxylation is 1. The maximum Gasteiger partial charge on any atom is 0.241 e. The Morgan fingerprint density at radius 1 is 1.09 bits per heavy atom. The standard InChI is InChI=1S/C23H32N4O4S/c1-15-10-11-18(21-25-23(31-26-21)17-12-13-17)14-20(15)32(29,30)27-16(2)22(28)24-19-8-6-4-3-5-7-9-19/h10-11,14,16-17,19,27H,3-9,12-13H2,1-2H3,(H,24,28)/t16-/m1/s1. The third kappa shape index (κ3) is 5.56. The smallest absolute Gasteiger partial charge is 0.241 e. The van der Waals surface area contributed by atoms with Gasteiger partial charge in [-0.2, -0.15) is 9.71 Å². The van der Waals surface area contributed by atoms with E-state index >= 15 is 0 Å². The van der Waals surface area contributed by atoms with Crippen molar-refractivity contribution in [3.63, 3.8) is 0 Å². The number of carbonyl (C=O) groups is 1. The van der Waals surface area contributed by atoms with Gasteiger partial charge in [0.05, 0.1) is 10.9 Å². The van der Waals surface area contributed by atoms with Crippen molar-refractivity contribution >= 4 is 15.9 Å². The quantitative estimate of drug-likeness (QED) is 0.649. The van der Waals surface area contributed by atoms with Gasteiger partial charge in [-0.05, 0) is 51.2 Å². The molecule has 1 aromatic heterocycles. The van der Waals surface area contributed by atoms with Crippen LogP contribution < -0.4 is 10.0 Å². The van der Waals surface area contributed by atoms with E-state index in [2.05, 4.69) is 20.2 Å². The van der Waals surface area contributed by atoms with E-state index in [4.69, 9.17) is 4.52 Å². The Labute approximate surface area is 189 Å². The Morgan fingerprint density at radius 3 is 2.47 bits per heavy atom. The molecule has 1 atom stereocenters. The summed E-state index contributed by atoms with van der Waals surface area (Å²) in [6, 6.07) is 4.27. The summed E-state index contributed by atoms with van der Waals surface area (Å²) in [6.45, 7) is 3.31. The van der Waals surface area contributed by atoms with E-state index in [1.165, 1.54) is 19.3 Å². The summed E-state index contributed by atoms with van der Waals surface area (Å²) in [4.78, 5) is 17.2. The Kier molecular flexibility index (Phi) is 6.95. The SMILES string of the molecule is Cc1ccc(-c2noc(C3CC3)n2)cc1S(=O)(=O)N[C@H](C)C(=O)NC1CCCCCCC1. The average molecular weight is 461 g/mol. The van der Waals surface area contributed by atoms with Crippen LogP contribution in [0.4, 0.5) is 0 Å². The van der Waals surface area contributed by atoms with Crippen LogP contribution in [0.2, 0.25) is 0 Å². The van der Waals surface area contributed by atoms with Crippen LogP contribution in [0.5, 0.6) is 0 Å². The van der Waals surface area contributed by atoms with Gasteiger partial charge in [-0.1, -0.05) is 49.4 Å². The van der Waals surface area contributed by atoms with Crippen molar-refractivity contribution in [2.45, 2.75) is 94.5 Å². The molecule has 1 amide bonds. The van der Waals surface area contributed by atoms with Crippen molar-refractivity contribution in [3.8, 4) is 11.4 Å². The van der Waals surface area contributed by atoms with Crippen LogP contribution in [0, 0.1) is 6.92 Å². The summed E-state index contributed by atoms with van der Waals surface area (Å²) in [5.74, 6) is 1.00. The molecule has 8 nitrogen and oxygen atoms in total. The number of nitrogens with zero attached hydrogens (tertiary/aromatic N) is 2. The van der Waals surface area contributed by atoms with Crippen molar-refractivity contribution in [2.24, 2.45) is 0 Å². The second kappa shape index (κ2) is 9.70. The molecule has 0 radical (unpaired) electrons. The highest BCUT2D eigenvalue weighted by Crippen LogP contribution is 2.39. The van der Waals surface area contributed by atoms with Crippen LogP contribution in [0.1, 0.15) is 82.1 Å². The van der Waals surface area contributed by atoms with Gasteiger partial charge in [0, 0.05) is 17.5 Å². The molecule has 0 unspecified atom stereocenters. The van der Waals surface area contributed by atoms with Crippen molar-refractivity contribution in [3.05, 3.63) is 29.7 Å². The number of amides is 1. The van der Waals surface area contributed by atoms with Crippen molar-refractivity contribution in [2.75, 3.05) is 0 Å². The number of aromatic nitrogens is 2. The second-order valence-electron chi connectivity index (χ2n) is 9.10. The molecule has 2 aromatic rings. The monoisotopic (exact) mass is 460 g/mol. The van der Waals surface area contributed by atoms with E-state index in [0.717, 1.165) is 38.5 Å². The molecule has 174 valence electrons. The zero-order valence-electron chi connectivity index (χ0n) is 18.8. The van der Waals surface area contributed by atoms with Gasteiger partial charge >= 0.3 is 0 Å². The first kappa shape index (κ1) is 22.9. The van der Waals surface area contributed by atoms with Crippen molar-refractivity contribution in [1.29, 1.82) is 0 Å². The number of benzene rings is 1. The molecule has 2 N–H and O–H groups in total. The van der Waals surface area contributed by atoms with E-state index in [1.54, 1.807) is 32.0 Å². The summed E-state index contributed by atoms with van der Waals surface area (Å²) in [5.41, 5.74) is 1.15. The first-order chi connectivity index (χ1) is 15.3. The minimum absolute atomic E-state index is 0.110. The molecule has 32 heavy (non-hydrogen) atoms. The third-order valence-electron chi connectivity index (χ3n) is 6.28. The van der Waals surface area contributed by atoms with E-state index in [9.17, 15) is 13.2 Å². The first-order valence-electron chi connectivity index (χ1n) is 11.6. The fraction of sp³-hybridized carbons (Fsp3) is 0.609. The number of hydrogen-bond donors (Lipinski definition) is 2. The second-order valence-corrected chi connectivity index (χ2v) is 10.8. The Balaban J connectivity index is 1.45. The average Bonchev–Trinajstić information content (AvgIpc) is 3.46. The van der Waals surface area contributed by atoms with Gasteiger partial charge in [0.25, 0.3) is 0 Å². The fourth-order valence-electron chi connectivity index (χ4n) is 4.15. The van der Waals surface area contributed by atoms with Crippen LogP contribution in [0.3, 0.4) is 0 Å². The molecule has 0 aliphatic heterocycles. The topological polar surface area (TPSA) is 114 Å². The molecule has 2 fully saturated rings. The Bertz CT molecular complexity index is 1050. The summed E-state index contributed by atoms with van der Waals surface area (Å²) >= 11 is 0. The van der Waals surface area contributed by atoms with Crippen molar-refractivity contribution < 1.29 is 17.7 Å². The highest BCUT2D eigenvalue weighted by Gasteiger charge is 2.30. The van der Waals surface area contributed by atoms with Gasteiger partial charge in [-0.25, -0.2) is 8.42 Å². The van der Waals surface area contributed by atoms with E-state index in [0.29, 0.717) is 28.8 Å². The predicted molar refractivity (Wildman–Crippen MR) is 120 cm³/mol. The summed E-state index contributed by atoms with van der Waals surface area (Å²) in [5, 5.41) is 7.04. The molecule has 2 aliphatic rings. The highest BCUT2D eigenvalue weighted by atomic mass is 32.2. The molecule has 2 saturated carbocycles. The van der Waals surface area contributed by atoms with Gasteiger partial charge in [0.1, 0.15) is 0 Å². The van der Waals surface area contributed by atoms with Crippen molar-refractivity contribution in [1.82, 2.24) is 20.2 Å². The molecular formula is C23H32N4O4S. The maximum atomic E-state index is 13.1. The molecule has 4 rings (SSSR count). The lowest BCUT2D eigenvalue weighted by Gasteiger charge is -2.23. The highest BCUT2D eigenvalue weighted by molar-refractivity contribution is 7.89. The lowest BCUT2D eigenvalue weighted by molar-refractivity contribution is -0.123. The normalized spacial score (nSPS) is 19.2. The van der Waals surface area contributed by atoms with Crippen LogP contribution in [-0.4, -0.2) is 36.5 Å². The predicted octanol–water partition coefficient (Wildman–Crippen LogP) is 3.82. The Morgan fingerprint density at radius 2 is 1.78 bits per heavy atom. The molecule has 1 heterocycles. The number of sulfonamides is 1. The third-order valence-corrected chi connectivity index (χ3v) is 7.96. The van der Waals surface area contributed by atoms with Gasteiger partial charge in [0.2, 0.25) is 27.6 Å². The molecule has 9 heteroatoms. The lowest BCUT2D eigenvalue weighted by atomic mass is 9.96. The van der Waals surface area contributed by atoms with Gasteiger partial charge in [-0.15, -0.1) is 0 Å². The first-order valence-corrected chi connectivity index (χ1v) is 13.1. The minimum Gasteiger partial charge on any atom is -0.352 e. The van der Waals surface area contributed by atoms with Crippen LogP contribution in [-0.2, 0) is 14.8 Å². The lowest BCUT2D eigenvalue weighted by Crippen LogP contribution is -2.48. The number of hydrogen-bond acceptors (Lipinski definition) is 6. The largest absolute Gasteiger partial charge is 0.352 e. The molecule has 0 bridgehead atoms. The molecule has 0 spiro atoms. The van der Waals surface area contributed by atoms with E-state index < -0.39 is 16.1 Å². The minimum atomic E-state index is -3.91. The fourth-order valence-corrected chi connectivity index (χ4v) is 5.63. The van der Waals surface area contributed by atoms with Gasteiger partial charge < -0.3 is 9.84 Å². The summed E-state index contributed by atoms with van der Waals surface area (Å²) in [7, 11) is -3.91. The van der Waals surface area contributed by atoms with E-state index in [-0.39, 0.29) is 16.8 Å². The molecular weight excluding hydrogens is 428 g/mol. The zero-order chi connectivity index (χ0) is 22.7. The maximum absolute atomic E-state index is 13.1. The summed E-state index contributed by atoms with van der Waals surface area (Å²) < 4.78 is 34.1. The summed E-state index contributed by atoms with van der Waals surface area (Å²) in [6.07, 6.45) is 9.78. The number of rotatable bonds is 7. The number of carbonyl (C=O) groups excluding carboxylic acids is 1. The molecule has 2 aliphatic carbocycles. The zero-order valence-corrected chi connectivity index (χ0v) is 19.6. The molecule has 1 aromatic carbocycles. The Hall–Kier alpha value is -2.26. The van der Waals surface area contributed by atoms with Crippen LogP contribution >= 0.6 is 0 Å². The number of nitrogens with one attached hydrogen (secondary N) is 2. The molecule has 0 saturated heterocycles. The van der Waals surface area contributed by atoms with E-state index in [1.807, 2.05) is 0 Å².